The van der Waals surface area contributed by atoms with Gasteiger partial charge in [-0.05, 0) is 64.2 Å². The summed E-state index contributed by atoms with van der Waals surface area (Å²) in [5.74, 6) is 0.922. The molecule has 1 aliphatic heterocycles. The molecule has 0 aliphatic carbocycles. The maximum Gasteiger partial charge on any atom is 0.0555 e. The van der Waals surface area contributed by atoms with Crippen LogP contribution in [0.3, 0.4) is 0 Å². The van der Waals surface area contributed by atoms with Crippen LogP contribution < -0.4 is 0 Å². The topological polar surface area (TPSA) is 35.2 Å². The van der Waals surface area contributed by atoms with E-state index in [0.29, 0.717) is 0 Å². The third kappa shape index (κ3) is 9.73. The van der Waals surface area contributed by atoms with Gasteiger partial charge in [0.05, 0.1) is 5.82 Å². The average molecular weight is 1020 g/mol. The van der Waals surface area contributed by atoms with Gasteiger partial charge in [-0.1, -0.05) is 121 Å². The van der Waals surface area contributed by atoms with Gasteiger partial charge in [0.2, 0.25) is 0 Å². The Balaban J connectivity index is 0.00000533. The van der Waals surface area contributed by atoms with Crippen LogP contribution in [0.1, 0.15) is 34.0 Å². The standard InChI is InChI=1S/C60H47N4.Ir/c1-63-37-35-61-59(63)51-25-21-43(22-26-51)17-19-45-39-46(20-18-44-23-27-52(28-24-44)60-62-36-38-64(60)2)41-54(40-45)55-15-9-10-16-56(55)57-34-33-53(48-13-7-4-8-14-48)42-58(57)50-31-29-49(30-32-50)47-11-5-3-6-12-47;/h3-13,15-16,21-25,27,29-32,34-42,59H,17-20H2,1-2H3;/q-5;. The molecule has 0 bridgehead atoms. The maximum atomic E-state index is 4.61. The maximum absolute atomic E-state index is 4.61. The van der Waals surface area contributed by atoms with E-state index in [2.05, 4.69) is 204 Å². The Kier molecular flexibility index (Phi) is 13.2. The molecule has 1 radical (unpaired) electrons. The molecule has 0 saturated carbocycles. The molecule has 321 valence electrons. The number of hydrogen-bond donors (Lipinski definition) is 0. The van der Waals surface area contributed by atoms with Gasteiger partial charge >= 0.3 is 0 Å². The molecule has 8 aromatic carbocycles. The zero-order chi connectivity index (χ0) is 43.2. The summed E-state index contributed by atoms with van der Waals surface area (Å²) in [7, 11) is 4.07. The van der Waals surface area contributed by atoms with Crippen LogP contribution in [0, 0.1) is 24.3 Å². The zero-order valence-electron chi connectivity index (χ0n) is 36.5. The van der Waals surface area contributed by atoms with Gasteiger partial charge in [0, 0.05) is 46.6 Å². The van der Waals surface area contributed by atoms with Crippen LogP contribution in [0.15, 0.2) is 195 Å². The smallest absolute Gasteiger partial charge is 0.0555 e. The first-order chi connectivity index (χ1) is 31.5. The molecule has 1 aliphatic rings. The minimum Gasteiger partial charge on any atom is -0.668 e. The van der Waals surface area contributed by atoms with Crippen LogP contribution in [0.25, 0.3) is 72.3 Å². The van der Waals surface area contributed by atoms with Crippen LogP contribution in [-0.2, 0) is 52.8 Å². The van der Waals surface area contributed by atoms with Gasteiger partial charge in [0.25, 0.3) is 0 Å². The number of rotatable bonds is 13. The van der Waals surface area contributed by atoms with Crippen molar-refractivity contribution in [3.8, 4) is 67.0 Å². The van der Waals surface area contributed by atoms with E-state index < -0.39 is 0 Å². The van der Waals surface area contributed by atoms with Crippen molar-refractivity contribution in [2.45, 2.75) is 31.8 Å². The van der Waals surface area contributed by atoms with E-state index in [0.717, 1.165) is 70.5 Å². The molecular formula is C60H47IrN4-5. The molecule has 65 heavy (non-hydrogen) atoms. The molecule has 0 saturated heterocycles. The summed E-state index contributed by atoms with van der Waals surface area (Å²) in [6, 6.07) is 75.4. The number of nitrogens with zero attached hydrogens (tertiary/aromatic N) is 4. The fourth-order valence-corrected chi connectivity index (χ4v) is 8.77. The van der Waals surface area contributed by atoms with E-state index >= 15 is 0 Å². The summed E-state index contributed by atoms with van der Waals surface area (Å²) in [4.78, 5) is 6.64. The van der Waals surface area contributed by atoms with Gasteiger partial charge in [0.15, 0.2) is 0 Å². The predicted molar refractivity (Wildman–Crippen MR) is 262 cm³/mol. The second-order valence-electron chi connectivity index (χ2n) is 16.6. The van der Waals surface area contributed by atoms with Crippen LogP contribution in [0.4, 0.5) is 0 Å². The van der Waals surface area contributed by atoms with E-state index in [1.165, 1.54) is 50.1 Å². The van der Waals surface area contributed by atoms with Gasteiger partial charge in [-0.25, -0.2) is 11.1 Å². The SMILES string of the molecule is CN1C=C[N-]C1c1[c-]cc(CCc2cc(CCc3c[c-]c(-c4nccn4C)cc3)cc(-c3ccccc3-c3c[c-]c(-c4[c-]cccc4)cc3-c3ccc(-c4ccccc4)cc3)c2)cc1.[Ir]. The molecule has 10 rings (SSSR count). The summed E-state index contributed by atoms with van der Waals surface area (Å²) in [6.07, 6.45) is 11.3. The third-order valence-electron chi connectivity index (χ3n) is 12.3. The summed E-state index contributed by atoms with van der Waals surface area (Å²) in [6.45, 7) is 0. The van der Waals surface area contributed by atoms with Crippen LogP contribution in [-0.4, -0.2) is 21.5 Å². The molecule has 2 heterocycles. The quantitative estimate of drug-likeness (QED) is 0.108. The Morgan fingerprint density at radius 2 is 1.17 bits per heavy atom. The van der Waals surface area contributed by atoms with Crippen molar-refractivity contribution in [1.29, 1.82) is 0 Å². The molecule has 1 atom stereocenters. The fraction of sp³-hybridized carbons (Fsp3) is 0.117. The van der Waals surface area contributed by atoms with E-state index in [9.17, 15) is 0 Å². The number of hydrogen-bond acceptors (Lipinski definition) is 2. The van der Waals surface area contributed by atoms with Crippen LogP contribution in [0.2, 0.25) is 0 Å². The van der Waals surface area contributed by atoms with Crippen molar-refractivity contribution >= 4 is 0 Å². The zero-order valence-corrected chi connectivity index (χ0v) is 38.9. The van der Waals surface area contributed by atoms with Crippen molar-refractivity contribution in [3.05, 3.63) is 252 Å². The predicted octanol–water partition coefficient (Wildman–Crippen LogP) is 14.0. The molecule has 4 nitrogen and oxygen atoms in total. The summed E-state index contributed by atoms with van der Waals surface area (Å²) < 4.78 is 2.03. The Labute approximate surface area is 397 Å². The van der Waals surface area contributed by atoms with Crippen LogP contribution in [0.5, 0.6) is 0 Å². The summed E-state index contributed by atoms with van der Waals surface area (Å²) in [5, 5.41) is 4.61. The number of aryl methyl sites for hydroxylation is 5. The molecular weight excluding hydrogens is 969 g/mol. The summed E-state index contributed by atoms with van der Waals surface area (Å²) >= 11 is 0. The molecule has 0 N–H and O–H groups in total. The first-order valence-corrected chi connectivity index (χ1v) is 22.0. The van der Waals surface area contributed by atoms with Gasteiger partial charge in [-0.15, -0.1) is 53.1 Å². The van der Waals surface area contributed by atoms with Gasteiger partial charge < -0.3 is 14.8 Å². The Morgan fingerprint density at radius 1 is 0.508 bits per heavy atom. The Bertz CT molecular complexity index is 3030. The number of benzene rings is 8. The summed E-state index contributed by atoms with van der Waals surface area (Å²) in [5.41, 5.74) is 18.7. The molecule has 0 amide bonds. The minimum atomic E-state index is -0.00313. The Morgan fingerprint density at radius 3 is 1.82 bits per heavy atom. The van der Waals surface area contributed by atoms with Gasteiger partial charge in [-0.2, -0.15) is 78.0 Å². The molecule has 1 aromatic heterocycles. The second-order valence-corrected chi connectivity index (χ2v) is 16.6. The molecule has 0 fully saturated rings. The second kappa shape index (κ2) is 19.8. The monoisotopic (exact) mass is 1020 g/mol. The van der Waals surface area contributed by atoms with Crippen LogP contribution >= 0.6 is 0 Å². The number of aromatic nitrogens is 2. The van der Waals surface area contributed by atoms with Crippen molar-refractivity contribution in [1.82, 2.24) is 14.5 Å². The van der Waals surface area contributed by atoms with E-state index in [-0.39, 0.29) is 26.3 Å². The van der Waals surface area contributed by atoms with E-state index in [4.69, 9.17) is 0 Å². The minimum absolute atomic E-state index is 0. The first-order valence-electron chi connectivity index (χ1n) is 22.0. The molecule has 0 spiro atoms. The third-order valence-corrected chi connectivity index (χ3v) is 12.3. The molecule has 5 heteroatoms. The van der Waals surface area contributed by atoms with E-state index in [1.54, 1.807) is 0 Å². The van der Waals surface area contributed by atoms with Crippen molar-refractivity contribution in [3.63, 3.8) is 0 Å². The number of imidazole rings is 1. The van der Waals surface area contributed by atoms with E-state index in [1.807, 2.05) is 48.5 Å². The van der Waals surface area contributed by atoms with Gasteiger partial charge in [0.1, 0.15) is 0 Å². The normalized spacial score (nSPS) is 13.1. The van der Waals surface area contributed by atoms with Crippen molar-refractivity contribution in [2.75, 3.05) is 7.05 Å². The Hall–Kier alpha value is -7.04. The van der Waals surface area contributed by atoms with Gasteiger partial charge in [-0.3, -0.25) is 4.98 Å². The molecule has 9 aromatic rings. The molecule has 1 unspecified atom stereocenters. The first kappa shape index (κ1) is 43.2. The fourth-order valence-electron chi connectivity index (χ4n) is 8.77. The van der Waals surface area contributed by atoms with Crippen molar-refractivity contribution in [2.24, 2.45) is 7.05 Å². The van der Waals surface area contributed by atoms with Crippen molar-refractivity contribution < 1.29 is 20.1 Å². The average Bonchev–Trinajstić information content (AvgIpc) is 4.00. The largest absolute Gasteiger partial charge is 0.668 e.